The third-order valence-corrected chi connectivity index (χ3v) is 3.22. The van der Waals surface area contributed by atoms with Gasteiger partial charge in [0.1, 0.15) is 0 Å². The molecule has 0 bridgehead atoms. The van der Waals surface area contributed by atoms with Gasteiger partial charge in [-0.2, -0.15) is 0 Å². The predicted molar refractivity (Wildman–Crippen MR) is 72.4 cm³/mol. The van der Waals surface area contributed by atoms with Gasteiger partial charge in [0.2, 0.25) is 0 Å². The lowest BCUT2D eigenvalue weighted by Gasteiger charge is -2.34. The quantitative estimate of drug-likeness (QED) is 0.795. The lowest BCUT2D eigenvalue weighted by atomic mass is 9.89. The number of halogens is 2. The van der Waals surface area contributed by atoms with E-state index < -0.39 is 5.60 Å². The molecule has 0 aliphatic carbocycles. The molecule has 1 N–H and O–H groups in total. The molecule has 2 heterocycles. The molecule has 94 valence electrons. The zero-order valence-electron chi connectivity index (χ0n) is 9.35. The highest BCUT2D eigenvalue weighted by Gasteiger charge is 2.38. The van der Waals surface area contributed by atoms with Crippen molar-refractivity contribution in [2.45, 2.75) is 12.0 Å². The molecule has 2 aliphatic rings. The lowest BCUT2D eigenvalue weighted by Crippen LogP contribution is -2.40. The average Bonchev–Trinajstić information content (AvgIpc) is 2.32. The largest absolute Gasteiger partial charge is 0.476 e. The maximum atomic E-state index is 12.1. The van der Waals surface area contributed by atoms with Gasteiger partial charge in [-0.15, -0.1) is 12.4 Å². The van der Waals surface area contributed by atoms with E-state index in [0.29, 0.717) is 22.8 Å². The summed E-state index contributed by atoms with van der Waals surface area (Å²) in [5.74, 6) is 0.520. The first kappa shape index (κ1) is 13.0. The van der Waals surface area contributed by atoms with Crippen molar-refractivity contribution in [3.8, 4) is 5.75 Å². The molecule has 0 atom stereocenters. The number of carbonyl (C=O) groups excluding carboxylic acids is 1. The molecule has 0 amide bonds. The molecule has 3 rings (SSSR count). The topological polar surface area (TPSA) is 38.3 Å². The Kier molecular flexibility index (Phi) is 3.37. The van der Waals surface area contributed by atoms with Crippen LogP contribution in [0.1, 0.15) is 16.8 Å². The Labute approximate surface area is 116 Å². The van der Waals surface area contributed by atoms with Gasteiger partial charge in [-0.25, -0.2) is 0 Å². The number of rotatable bonds is 0. The highest BCUT2D eigenvalue weighted by atomic mass is 35.5. The summed E-state index contributed by atoms with van der Waals surface area (Å²) in [5.41, 5.74) is -0.135. The number of nitrogens with one attached hydrogen (secondary N) is 1. The molecule has 0 saturated carbocycles. The third-order valence-electron chi connectivity index (χ3n) is 2.92. The van der Waals surface area contributed by atoms with Gasteiger partial charge >= 0.3 is 0 Å². The van der Waals surface area contributed by atoms with Gasteiger partial charge in [0.15, 0.2) is 17.1 Å². The van der Waals surface area contributed by atoms with Crippen LogP contribution in [0.5, 0.6) is 5.75 Å². The summed E-state index contributed by atoms with van der Waals surface area (Å²) < 4.78 is 5.90. The number of dihydropyridines is 1. The van der Waals surface area contributed by atoms with Crippen LogP contribution in [0.15, 0.2) is 42.8 Å². The van der Waals surface area contributed by atoms with Gasteiger partial charge in [-0.3, -0.25) is 4.79 Å². The average molecular weight is 284 g/mol. The van der Waals surface area contributed by atoms with Crippen LogP contribution in [0, 0.1) is 0 Å². The van der Waals surface area contributed by atoms with E-state index in [1.54, 1.807) is 30.6 Å². The minimum absolute atomic E-state index is 0. The third kappa shape index (κ3) is 2.00. The van der Waals surface area contributed by atoms with Crippen LogP contribution in [0.2, 0.25) is 5.02 Å². The van der Waals surface area contributed by atoms with Crippen molar-refractivity contribution in [2.24, 2.45) is 0 Å². The predicted octanol–water partition coefficient (Wildman–Crippen LogP) is 3.10. The van der Waals surface area contributed by atoms with Gasteiger partial charge in [-0.05, 0) is 24.3 Å². The molecule has 0 aromatic heterocycles. The standard InChI is InChI=1S/C13H10ClNO2.ClH/c14-10-3-1-2-9-11(16)8-13(17-12(9)10)4-6-15-7-5-13;/h1-7,15H,8H2;1H. The van der Waals surface area contributed by atoms with Gasteiger partial charge in [-0.1, -0.05) is 17.7 Å². The fraction of sp³-hybridized carbons (Fsp3) is 0.154. The summed E-state index contributed by atoms with van der Waals surface area (Å²) in [6.07, 6.45) is 7.48. The Morgan fingerprint density at radius 3 is 2.72 bits per heavy atom. The number of Topliss-reactive ketones (excluding diaryl/α,β-unsaturated/α-hetero) is 1. The second-order valence-electron chi connectivity index (χ2n) is 4.11. The highest BCUT2D eigenvalue weighted by molar-refractivity contribution is 6.32. The zero-order valence-corrected chi connectivity index (χ0v) is 10.9. The van der Waals surface area contributed by atoms with E-state index in [1.807, 2.05) is 12.2 Å². The van der Waals surface area contributed by atoms with Gasteiger partial charge in [0.25, 0.3) is 0 Å². The Morgan fingerprint density at radius 2 is 2.00 bits per heavy atom. The number of para-hydroxylation sites is 1. The molecule has 3 nitrogen and oxygen atoms in total. The van der Waals surface area contributed by atoms with Crippen LogP contribution in [-0.4, -0.2) is 11.4 Å². The van der Waals surface area contributed by atoms with Crippen molar-refractivity contribution >= 4 is 29.8 Å². The summed E-state index contributed by atoms with van der Waals surface area (Å²) in [7, 11) is 0. The lowest BCUT2D eigenvalue weighted by molar-refractivity contribution is 0.0795. The molecular weight excluding hydrogens is 273 g/mol. The van der Waals surface area contributed by atoms with Gasteiger partial charge in [0, 0.05) is 12.4 Å². The zero-order chi connectivity index (χ0) is 11.9. The van der Waals surface area contributed by atoms with E-state index in [0.717, 1.165) is 0 Å². The Hall–Kier alpha value is -1.45. The molecule has 0 radical (unpaired) electrons. The fourth-order valence-electron chi connectivity index (χ4n) is 2.08. The summed E-state index contributed by atoms with van der Waals surface area (Å²) in [6, 6.07) is 5.22. The number of benzene rings is 1. The summed E-state index contributed by atoms with van der Waals surface area (Å²) in [5, 5.41) is 3.39. The molecule has 0 saturated heterocycles. The number of fused-ring (bicyclic) bond motifs is 1. The first-order valence-corrected chi connectivity index (χ1v) is 5.70. The Morgan fingerprint density at radius 1 is 1.28 bits per heavy atom. The number of ketones is 1. The number of hydrogen-bond donors (Lipinski definition) is 1. The van der Waals surface area contributed by atoms with E-state index >= 15 is 0 Å². The van der Waals surface area contributed by atoms with Crippen LogP contribution in [0.3, 0.4) is 0 Å². The molecule has 1 aromatic rings. The van der Waals surface area contributed by atoms with Crippen molar-refractivity contribution in [3.63, 3.8) is 0 Å². The first-order valence-electron chi connectivity index (χ1n) is 5.32. The summed E-state index contributed by atoms with van der Waals surface area (Å²) >= 11 is 6.07. The van der Waals surface area contributed by atoms with Gasteiger partial charge < -0.3 is 10.1 Å². The van der Waals surface area contributed by atoms with Crippen LogP contribution in [-0.2, 0) is 0 Å². The number of hydrogen-bond acceptors (Lipinski definition) is 3. The van der Waals surface area contributed by atoms with Crippen molar-refractivity contribution in [3.05, 3.63) is 53.3 Å². The van der Waals surface area contributed by atoms with Gasteiger partial charge in [0.05, 0.1) is 17.0 Å². The fourth-order valence-corrected chi connectivity index (χ4v) is 2.29. The molecule has 2 aliphatic heterocycles. The van der Waals surface area contributed by atoms with Crippen molar-refractivity contribution in [1.29, 1.82) is 0 Å². The maximum absolute atomic E-state index is 12.1. The number of carbonyl (C=O) groups is 1. The second kappa shape index (κ2) is 4.67. The van der Waals surface area contributed by atoms with E-state index in [-0.39, 0.29) is 18.2 Å². The number of ether oxygens (including phenoxy) is 1. The van der Waals surface area contributed by atoms with Crippen LogP contribution < -0.4 is 10.1 Å². The Balaban J connectivity index is 0.00000120. The second-order valence-corrected chi connectivity index (χ2v) is 4.51. The maximum Gasteiger partial charge on any atom is 0.171 e. The molecule has 0 fully saturated rings. The first-order chi connectivity index (χ1) is 8.20. The molecule has 1 aromatic carbocycles. The van der Waals surface area contributed by atoms with E-state index in [2.05, 4.69) is 5.32 Å². The molecular formula is C13H11Cl2NO2. The SMILES string of the molecule is Cl.O=C1CC2(C=CNC=C2)Oc2c(Cl)cccc21. The molecule has 5 heteroatoms. The minimum atomic E-state index is -0.694. The van der Waals surface area contributed by atoms with Crippen LogP contribution in [0.25, 0.3) is 0 Å². The van der Waals surface area contributed by atoms with E-state index in [4.69, 9.17) is 16.3 Å². The summed E-state index contributed by atoms with van der Waals surface area (Å²) in [6.45, 7) is 0. The smallest absolute Gasteiger partial charge is 0.171 e. The Bertz CT molecular complexity index is 540. The van der Waals surface area contributed by atoms with Crippen molar-refractivity contribution < 1.29 is 9.53 Å². The normalized spacial score (nSPS) is 18.6. The monoisotopic (exact) mass is 283 g/mol. The van der Waals surface area contributed by atoms with Crippen molar-refractivity contribution in [2.75, 3.05) is 0 Å². The van der Waals surface area contributed by atoms with E-state index in [1.165, 1.54) is 0 Å². The molecule has 0 unspecified atom stereocenters. The van der Waals surface area contributed by atoms with E-state index in [9.17, 15) is 4.79 Å². The molecule has 1 spiro atoms. The van der Waals surface area contributed by atoms with Crippen molar-refractivity contribution in [1.82, 2.24) is 5.32 Å². The minimum Gasteiger partial charge on any atom is -0.476 e. The van der Waals surface area contributed by atoms with Crippen LogP contribution >= 0.6 is 24.0 Å². The highest BCUT2D eigenvalue weighted by Crippen LogP contribution is 2.39. The molecule has 18 heavy (non-hydrogen) atoms. The van der Waals surface area contributed by atoms with Crippen LogP contribution in [0.4, 0.5) is 0 Å². The summed E-state index contributed by atoms with van der Waals surface area (Å²) in [4.78, 5) is 12.1.